The zero-order chi connectivity index (χ0) is 15.1. The van der Waals surface area contributed by atoms with Gasteiger partial charge in [0, 0.05) is 38.8 Å². The van der Waals surface area contributed by atoms with Gasteiger partial charge < -0.3 is 14.9 Å². The molecule has 6 nitrogen and oxygen atoms in total. The quantitative estimate of drug-likeness (QED) is 0.827. The molecule has 0 aromatic heterocycles. The minimum atomic E-state index is -0.806. The van der Waals surface area contributed by atoms with Crippen LogP contribution in [0.4, 0.5) is 4.79 Å². The van der Waals surface area contributed by atoms with Crippen molar-refractivity contribution in [2.75, 3.05) is 39.3 Å². The van der Waals surface area contributed by atoms with Crippen molar-refractivity contribution in [3.05, 3.63) is 0 Å². The van der Waals surface area contributed by atoms with E-state index in [1.54, 1.807) is 0 Å². The average molecular weight is 285 g/mol. The van der Waals surface area contributed by atoms with E-state index in [0.29, 0.717) is 26.2 Å². The van der Waals surface area contributed by atoms with E-state index in [1.165, 1.54) is 0 Å². The van der Waals surface area contributed by atoms with Gasteiger partial charge in [-0.3, -0.25) is 9.69 Å². The fraction of sp³-hybridized carbons (Fsp3) is 0.857. The molecule has 0 aromatic rings. The SMILES string of the molecule is CCC(C)N(CC)C(=O)N1CCCN(CC(=O)O)CC1. The summed E-state index contributed by atoms with van der Waals surface area (Å²) in [7, 11) is 0. The lowest BCUT2D eigenvalue weighted by Gasteiger charge is -2.33. The van der Waals surface area contributed by atoms with Crippen LogP contribution >= 0.6 is 0 Å². The summed E-state index contributed by atoms with van der Waals surface area (Å²) in [6, 6.07) is 0.324. The lowest BCUT2D eigenvalue weighted by Crippen LogP contribution is -2.48. The molecular formula is C14H27N3O3. The van der Waals surface area contributed by atoms with Crippen molar-refractivity contribution in [1.29, 1.82) is 0 Å². The van der Waals surface area contributed by atoms with E-state index in [1.807, 2.05) is 21.6 Å². The number of amides is 2. The van der Waals surface area contributed by atoms with Gasteiger partial charge in [-0.15, -0.1) is 0 Å². The average Bonchev–Trinajstić information content (AvgIpc) is 2.64. The standard InChI is InChI=1S/C14H27N3O3/c1-4-12(3)17(5-2)14(20)16-8-6-7-15(9-10-16)11-13(18)19/h12H,4-11H2,1-3H3,(H,18,19). The molecule has 1 heterocycles. The molecule has 1 fully saturated rings. The lowest BCUT2D eigenvalue weighted by molar-refractivity contribution is -0.138. The number of hydrogen-bond acceptors (Lipinski definition) is 3. The summed E-state index contributed by atoms with van der Waals surface area (Å²) in [4.78, 5) is 28.9. The molecule has 1 atom stereocenters. The first-order valence-electron chi connectivity index (χ1n) is 7.49. The Morgan fingerprint density at radius 1 is 1.20 bits per heavy atom. The number of aliphatic carboxylic acids is 1. The van der Waals surface area contributed by atoms with Gasteiger partial charge in [0.2, 0.25) is 0 Å². The molecule has 1 aliphatic rings. The Hall–Kier alpha value is -1.30. The van der Waals surface area contributed by atoms with Crippen molar-refractivity contribution in [2.45, 2.75) is 39.7 Å². The van der Waals surface area contributed by atoms with Crippen molar-refractivity contribution in [3.8, 4) is 0 Å². The summed E-state index contributed by atoms with van der Waals surface area (Å²) >= 11 is 0. The third-order valence-corrected chi connectivity index (χ3v) is 3.93. The lowest BCUT2D eigenvalue weighted by atomic mass is 10.2. The predicted molar refractivity (Wildman–Crippen MR) is 77.8 cm³/mol. The normalized spacial score (nSPS) is 18.4. The van der Waals surface area contributed by atoms with Crippen molar-refractivity contribution in [3.63, 3.8) is 0 Å². The minimum absolute atomic E-state index is 0.0604. The molecule has 0 aromatic carbocycles. The number of carboxylic acids is 1. The highest BCUT2D eigenvalue weighted by Crippen LogP contribution is 2.11. The first kappa shape index (κ1) is 16.8. The van der Waals surface area contributed by atoms with Gasteiger partial charge in [0.25, 0.3) is 0 Å². The smallest absolute Gasteiger partial charge is 0.320 e. The van der Waals surface area contributed by atoms with E-state index >= 15 is 0 Å². The van der Waals surface area contributed by atoms with Crippen molar-refractivity contribution < 1.29 is 14.7 Å². The molecule has 1 N–H and O–H groups in total. The Kier molecular flexibility index (Phi) is 6.78. The van der Waals surface area contributed by atoms with Gasteiger partial charge in [-0.25, -0.2) is 4.79 Å². The Morgan fingerprint density at radius 3 is 2.45 bits per heavy atom. The fourth-order valence-corrected chi connectivity index (χ4v) is 2.55. The van der Waals surface area contributed by atoms with Gasteiger partial charge in [-0.2, -0.15) is 0 Å². The van der Waals surface area contributed by atoms with Gasteiger partial charge in [0.05, 0.1) is 6.54 Å². The molecule has 116 valence electrons. The van der Waals surface area contributed by atoms with Crippen LogP contribution in [0.5, 0.6) is 0 Å². The van der Waals surface area contributed by atoms with Crippen LogP contribution in [-0.2, 0) is 4.79 Å². The van der Waals surface area contributed by atoms with Crippen LogP contribution in [0, 0.1) is 0 Å². The molecule has 0 spiro atoms. The van der Waals surface area contributed by atoms with Crippen LogP contribution in [0.25, 0.3) is 0 Å². The second-order valence-electron chi connectivity index (χ2n) is 5.34. The molecule has 1 saturated heterocycles. The highest BCUT2D eigenvalue weighted by atomic mass is 16.4. The minimum Gasteiger partial charge on any atom is -0.480 e. The number of hydrogen-bond donors (Lipinski definition) is 1. The van der Waals surface area contributed by atoms with Crippen LogP contribution < -0.4 is 0 Å². The molecule has 1 rings (SSSR count). The molecule has 0 saturated carbocycles. The number of carbonyl (C=O) groups is 2. The molecule has 0 radical (unpaired) electrons. The number of carbonyl (C=O) groups excluding carboxylic acids is 1. The number of nitrogens with zero attached hydrogens (tertiary/aromatic N) is 3. The molecular weight excluding hydrogens is 258 g/mol. The Morgan fingerprint density at radius 2 is 1.90 bits per heavy atom. The molecule has 0 aliphatic carbocycles. The summed E-state index contributed by atoms with van der Waals surface area (Å²) in [5.41, 5.74) is 0. The van der Waals surface area contributed by atoms with Crippen LogP contribution in [0.1, 0.15) is 33.6 Å². The zero-order valence-electron chi connectivity index (χ0n) is 12.8. The monoisotopic (exact) mass is 285 g/mol. The highest BCUT2D eigenvalue weighted by molar-refractivity contribution is 5.75. The summed E-state index contributed by atoms with van der Waals surface area (Å²) in [6.45, 7) is 9.61. The van der Waals surface area contributed by atoms with Gasteiger partial charge in [0.1, 0.15) is 0 Å². The zero-order valence-corrected chi connectivity index (χ0v) is 12.8. The Bertz CT molecular complexity index is 336. The highest BCUT2D eigenvalue weighted by Gasteiger charge is 2.25. The largest absolute Gasteiger partial charge is 0.480 e. The van der Waals surface area contributed by atoms with Gasteiger partial charge >= 0.3 is 12.0 Å². The Labute approximate surface area is 121 Å². The first-order valence-corrected chi connectivity index (χ1v) is 7.49. The second kappa shape index (κ2) is 8.09. The fourth-order valence-electron chi connectivity index (χ4n) is 2.55. The molecule has 1 unspecified atom stereocenters. The maximum atomic E-state index is 12.5. The maximum absolute atomic E-state index is 12.5. The molecule has 20 heavy (non-hydrogen) atoms. The number of rotatable bonds is 5. The summed E-state index contributed by atoms with van der Waals surface area (Å²) in [6.07, 6.45) is 1.77. The topological polar surface area (TPSA) is 64.1 Å². The summed E-state index contributed by atoms with van der Waals surface area (Å²) in [5, 5.41) is 8.83. The molecule has 6 heteroatoms. The van der Waals surface area contributed by atoms with Crippen LogP contribution in [0.2, 0.25) is 0 Å². The summed E-state index contributed by atoms with van der Waals surface area (Å²) < 4.78 is 0. The molecule has 2 amide bonds. The van der Waals surface area contributed by atoms with Gasteiger partial charge in [-0.05, 0) is 26.7 Å². The first-order chi connectivity index (χ1) is 9.49. The van der Waals surface area contributed by atoms with Crippen LogP contribution in [0.3, 0.4) is 0 Å². The maximum Gasteiger partial charge on any atom is 0.320 e. The van der Waals surface area contributed by atoms with Crippen molar-refractivity contribution in [1.82, 2.24) is 14.7 Å². The van der Waals surface area contributed by atoms with Crippen LogP contribution in [-0.4, -0.2) is 77.1 Å². The number of carboxylic acid groups (broad SMARTS) is 1. The third kappa shape index (κ3) is 4.67. The molecule has 0 bridgehead atoms. The third-order valence-electron chi connectivity index (χ3n) is 3.93. The van der Waals surface area contributed by atoms with Crippen molar-refractivity contribution in [2.24, 2.45) is 0 Å². The van der Waals surface area contributed by atoms with Crippen molar-refractivity contribution >= 4 is 12.0 Å². The van der Waals surface area contributed by atoms with E-state index in [-0.39, 0.29) is 18.6 Å². The van der Waals surface area contributed by atoms with E-state index in [2.05, 4.69) is 13.8 Å². The summed E-state index contributed by atoms with van der Waals surface area (Å²) in [5.74, 6) is -0.806. The van der Waals surface area contributed by atoms with E-state index in [4.69, 9.17) is 5.11 Å². The second-order valence-corrected chi connectivity index (χ2v) is 5.34. The van der Waals surface area contributed by atoms with Gasteiger partial charge in [0.15, 0.2) is 0 Å². The van der Waals surface area contributed by atoms with Crippen LogP contribution in [0.15, 0.2) is 0 Å². The number of urea groups is 1. The van der Waals surface area contributed by atoms with E-state index in [0.717, 1.165) is 19.4 Å². The molecule has 1 aliphatic heterocycles. The predicted octanol–water partition coefficient (Wildman–Crippen LogP) is 1.32. The van der Waals surface area contributed by atoms with E-state index in [9.17, 15) is 9.59 Å². The van der Waals surface area contributed by atoms with E-state index < -0.39 is 5.97 Å². The van der Waals surface area contributed by atoms with Gasteiger partial charge in [-0.1, -0.05) is 6.92 Å². The Balaban J connectivity index is 2.59.